The number of nitro benzene ring substituents is 1. The quantitative estimate of drug-likeness (QED) is 0.426. The van der Waals surface area contributed by atoms with Gasteiger partial charge in [-0.1, -0.05) is 0 Å². The van der Waals surface area contributed by atoms with Crippen LogP contribution in [0.15, 0.2) is 48.5 Å². The van der Waals surface area contributed by atoms with Crippen molar-refractivity contribution in [2.45, 2.75) is 12.5 Å². The zero-order valence-corrected chi connectivity index (χ0v) is 15.3. The highest BCUT2D eigenvalue weighted by Gasteiger charge is 2.43. The Kier molecular flexibility index (Phi) is 5.16. The van der Waals surface area contributed by atoms with Gasteiger partial charge in [0.25, 0.3) is 5.69 Å². The molecule has 0 radical (unpaired) electrons. The second kappa shape index (κ2) is 7.55. The van der Waals surface area contributed by atoms with Crippen LogP contribution in [0.2, 0.25) is 0 Å². The first-order valence-corrected chi connectivity index (χ1v) is 8.37. The zero-order chi connectivity index (χ0) is 20.3. The molecule has 0 bridgehead atoms. The van der Waals surface area contributed by atoms with Crippen LogP contribution in [0.1, 0.15) is 17.3 Å². The summed E-state index contributed by atoms with van der Waals surface area (Å²) in [5.41, 5.74) is -0.335. The second-order valence-electron chi connectivity index (χ2n) is 6.48. The number of esters is 1. The highest BCUT2D eigenvalue weighted by Crippen LogP contribution is 2.29. The van der Waals surface area contributed by atoms with Crippen molar-refractivity contribution in [3.05, 3.63) is 64.2 Å². The van der Waals surface area contributed by atoms with Gasteiger partial charge in [0.1, 0.15) is 12.4 Å². The number of hydrogen-bond acceptors (Lipinski definition) is 7. The summed E-state index contributed by atoms with van der Waals surface area (Å²) in [6.45, 7) is 1.71. The summed E-state index contributed by atoms with van der Waals surface area (Å²) < 4.78 is 15.7. The molecule has 0 spiro atoms. The van der Waals surface area contributed by atoms with Gasteiger partial charge < -0.3 is 14.2 Å². The number of nitro groups is 1. The maximum Gasteiger partial charge on any atom is 0.415 e. The number of carbonyl (C=O) groups excluding carboxylic acids is 2. The fourth-order valence-corrected chi connectivity index (χ4v) is 2.75. The van der Waals surface area contributed by atoms with E-state index in [4.69, 9.17) is 14.2 Å². The van der Waals surface area contributed by atoms with Crippen molar-refractivity contribution >= 4 is 23.4 Å². The van der Waals surface area contributed by atoms with E-state index in [0.717, 1.165) is 0 Å². The fourth-order valence-electron chi connectivity index (χ4n) is 2.75. The molecule has 28 heavy (non-hydrogen) atoms. The minimum absolute atomic E-state index is 0.122. The lowest BCUT2D eigenvalue weighted by atomic mass is 10.1. The minimum Gasteiger partial charge on any atom is -0.497 e. The van der Waals surface area contributed by atoms with Crippen LogP contribution < -0.4 is 9.64 Å². The van der Waals surface area contributed by atoms with E-state index in [0.29, 0.717) is 11.4 Å². The van der Waals surface area contributed by atoms with Crippen LogP contribution in [0.3, 0.4) is 0 Å². The molecule has 1 amide bonds. The summed E-state index contributed by atoms with van der Waals surface area (Å²) in [4.78, 5) is 36.0. The van der Waals surface area contributed by atoms with Gasteiger partial charge in [-0.3, -0.25) is 15.0 Å². The number of nitrogens with zero attached hydrogens (tertiary/aromatic N) is 2. The summed E-state index contributed by atoms with van der Waals surface area (Å²) >= 11 is 0. The Hall–Kier alpha value is -3.62. The molecule has 2 aromatic carbocycles. The topological polar surface area (TPSA) is 108 Å². The number of anilines is 1. The van der Waals surface area contributed by atoms with Crippen LogP contribution >= 0.6 is 0 Å². The molecule has 1 heterocycles. The number of ether oxygens (including phenoxy) is 3. The van der Waals surface area contributed by atoms with E-state index in [1.807, 2.05) is 0 Å². The SMILES string of the molecule is COc1ccc(N2CC(C)(COC(=O)c3ccc([N+](=O)[O-])cc3)OC2=O)cc1. The second-order valence-corrected chi connectivity index (χ2v) is 6.48. The van der Waals surface area contributed by atoms with E-state index in [2.05, 4.69) is 0 Å². The van der Waals surface area contributed by atoms with Gasteiger partial charge in [-0.25, -0.2) is 9.59 Å². The van der Waals surface area contributed by atoms with E-state index < -0.39 is 22.6 Å². The summed E-state index contributed by atoms with van der Waals surface area (Å²) in [5, 5.41) is 10.7. The Labute approximate surface area is 160 Å². The van der Waals surface area contributed by atoms with Crippen LogP contribution in [0.5, 0.6) is 5.75 Å². The lowest BCUT2D eigenvalue weighted by Gasteiger charge is -2.21. The van der Waals surface area contributed by atoms with Crippen molar-refractivity contribution in [1.82, 2.24) is 0 Å². The van der Waals surface area contributed by atoms with Crippen LogP contribution in [-0.2, 0) is 9.47 Å². The van der Waals surface area contributed by atoms with Crippen molar-refractivity contribution in [2.75, 3.05) is 25.2 Å². The highest BCUT2D eigenvalue weighted by molar-refractivity contribution is 5.91. The van der Waals surface area contributed by atoms with E-state index in [1.54, 1.807) is 38.3 Å². The number of non-ortho nitro benzene ring substituents is 1. The fraction of sp³-hybridized carbons (Fsp3) is 0.263. The molecule has 0 saturated carbocycles. The summed E-state index contributed by atoms with van der Waals surface area (Å²) in [7, 11) is 1.55. The molecule has 0 N–H and O–H groups in total. The highest BCUT2D eigenvalue weighted by atomic mass is 16.6. The zero-order valence-electron chi connectivity index (χ0n) is 15.3. The van der Waals surface area contributed by atoms with Crippen LogP contribution in [0, 0.1) is 10.1 Å². The minimum atomic E-state index is -1.02. The van der Waals surface area contributed by atoms with E-state index in [-0.39, 0.29) is 24.4 Å². The molecule has 0 aromatic heterocycles. The monoisotopic (exact) mass is 386 g/mol. The van der Waals surface area contributed by atoms with Crippen LogP contribution in [-0.4, -0.2) is 42.8 Å². The third-order valence-electron chi connectivity index (χ3n) is 4.25. The Bertz CT molecular complexity index is 896. The summed E-state index contributed by atoms with van der Waals surface area (Å²) in [5.74, 6) is 0.00572. The average molecular weight is 386 g/mol. The van der Waals surface area contributed by atoms with E-state index in [9.17, 15) is 19.7 Å². The maximum atomic E-state index is 12.2. The maximum absolute atomic E-state index is 12.2. The van der Waals surface area contributed by atoms with Gasteiger partial charge in [0.05, 0.1) is 24.1 Å². The van der Waals surface area contributed by atoms with Gasteiger partial charge in [-0.15, -0.1) is 0 Å². The number of carbonyl (C=O) groups is 2. The number of methoxy groups -OCH3 is 1. The van der Waals surface area contributed by atoms with Gasteiger partial charge in [0, 0.05) is 17.8 Å². The van der Waals surface area contributed by atoms with Gasteiger partial charge in [-0.05, 0) is 43.3 Å². The Balaban J connectivity index is 1.62. The van der Waals surface area contributed by atoms with Crippen molar-refractivity contribution in [2.24, 2.45) is 0 Å². The van der Waals surface area contributed by atoms with Crippen molar-refractivity contribution in [1.29, 1.82) is 0 Å². The molecule has 1 atom stereocenters. The largest absolute Gasteiger partial charge is 0.497 e. The molecule has 146 valence electrons. The van der Waals surface area contributed by atoms with Crippen LogP contribution in [0.25, 0.3) is 0 Å². The molecule has 1 aliphatic rings. The first-order chi connectivity index (χ1) is 13.3. The lowest BCUT2D eigenvalue weighted by Crippen LogP contribution is -2.37. The van der Waals surface area contributed by atoms with Gasteiger partial charge >= 0.3 is 12.1 Å². The third-order valence-corrected chi connectivity index (χ3v) is 4.25. The molecule has 0 aliphatic carbocycles. The molecule has 1 saturated heterocycles. The smallest absolute Gasteiger partial charge is 0.415 e. The number of cyclic esters (lactones) is 1. The molecule has 2 aromatic rings. The predicted octanol–water partition coefficient (Wildman–Crippen LogP) is 3.18. The lowest BCUT2D eigenvalue weighted by molar-refractivity contribution is -0.384. The van der Waals surface area contributed by atoms with E-state index >= 15 is 0 Å². The first-order valence-electron chi connectivity index (χ1n) is 8.37. The van der Waals surface area contributed by atoms with Gasteiger partial charge in [0.2, 0.25) is 0 Å². The Morgan fingerprint density at radius 3 is 2.43 bits per heavy atom. The standard InChI is InChI=1S/C19H18N2O7/c1-19(12-27-17(22)13-3-5-15(6-4-13)21(24)25)11-20(18(23)28-19)14-7-9-16(26-2)10-8-14/h3-10H,11-12H2,1-2H3. The molecule has 1 unspecified atom stereocenters. The van der Waals surface area contributed by atoms with Gasteiger partial charge in [-0.2, -0.15) is 0 Å². The summed E-state index contributed by atoms with van der Waals surface area (Å²) in [6.07, 6.45) is -0.543. The Morgan fingerprint density at radius 2 is 1.86 bits per heavy atom. The molecule has 1 fully saturated rings. The normalized spacial score (nSPS) is 18.5. The molecule has 3 rings (SSSR count). The number of benzene rings is 2. The van der Waals surface area contributed by atoms with Crippen molar-refractivity contribution in [3.63, 3.8) is 0 Å². The van der Waals surface area contributed by atoms with Crippen molar-refractivity contribution in [3.8, 4) is 5.75 Å². The number of amides is 1. The molecule has 9 nitrogen and oxygen atoms in total. The van der Waals surface area contributed by atoms with Gasteiger partial charge in [0.15, 0.2) is 5.60 Å². The average Bonchev–Trinajstić information content (AvgIpc) is 3.01. The number of rotatable bonds is 6. The molecule has 1 aliphatic heterocycles. The molecule has 9 heteroatoms. The summed E-state index contributed by atoms with van der Waals surface area (Å²) in [6, 6.07) is 12.0. The van der Waals surface area contributed by atoms with Crippen molar-refractivity contribution < 1.29 is 28.7 Å². The third kappa shape index (κ3) is 4.03. The molecular weight excluding hydrogens is 368 g/mol. The first kappa shape index (κ1) is 19.2. The predicted molar refractivity (Wildman–Crippen MR) is 98.6 cm³/mol. The van der Waals surface area contributed by atoms with Crippen LogP contribution in [0.4, 0.5) is 16.2 Å². The molecular formula is C19H18N2O7. The number of hydrogen-bond donors (Lipinski definition) is 0. The Morgan fingerprint density at radius 1 is 1.21 bits per heavy atom. The van der Waals surface area contributed by atoms with E-state index in [1.165, 1.54) is 29.2 Å².